The van der Waals surface area contributed by atoms with Crippen molar-refractivity contribution in [3.05, 3.63) is 27.5 Å². The standard InChI is InChI=1S/C6H4BrClN/c1-4-2-3-5(7)6(8)9-4/h3H,1H3. The molecule has 3 heteroatoms. The van der Waals surface area contributed by atoms with Gasteiger partial charge in [-0.3, -0.25) is 0 Å². The van der Waals surface area contributed by atoms with Crippen LogP contribution < -0.4 is 0 Å². The van der Waals surface area contributed by atoms with Crippen LogP contribution in [-0.2, 0) is 0 Å². The van der Waals surface area contributed by atoms with Crippen molar-refractivity contribution in [1.29, 1.82) is 0 Å². The largest absolute Gasteiger partial charge is 0.240 e. The fourth-order valence-electron chi connectivity index (χ4n) is 0.460. The fourth-order valence-corrected chi connectivity index (χ4v) is 0.845. The Labute approximate surface area is 67.2 Å². The molecular formula is C6H4BrClN. The first-order valence-corrected chi connectivity index (χ1v) is 3.57. The molecule has 0 aromatic carbocycles. The summed E-state index contributed by atoms with van der Waals surface area (Å²) in [4.78, 5) is 3.94. The molecule has 1 aromatic heterocycles. The molecule has 0 spiro atoms. The van der Waals surface area contributed by atoms with E-state index in [0.29, 0.717) is 5.15 Å². The second-order valence-corrected chi connectivity index (χ2v) is 2.84. The molecule has 0 N–H and O–H groups in total. The predicted octanol–water partition coefficient (Wildman–Crippen LogP) is 2.61. The number of aromatic nitrogens is 1. The fraction of sp³-hybridized carbons (Fsp3) is 0.167. The van der Waals surface area contributed by atoms with Gasteiger partial charge in [0.15, 0.2) is 0 Å². The van der Waals surface area contributed by atoms with Crippen LogP contribution in [0.3, 0.4) is 0 Å². The SMILES string of the molecule is Cc1[c]cc(Br)c(Cl)n1. The third-order valence-corrected chi connectivity index (χ3v) is 1.99. The highest BCUT2D eigenvalue weighted by atomic mass is 79.9. The number of hydrogen-bond donors (Lipinski definition) is 0. The van der Waals surface area contributed by atoms with Crippen molar-refractivity contribution in [2.45, 2.75) is 6.92 Å². The number of hydrogen-bond acceptors (Lipinski definition) is 1. The Bertz CT molecular complexity index is 224. The van der Waals surface area contributed by atoms with Gasteiger partial charge in [-0.1, -0.05) is 11.6 Å². The van der Waals surface area contributed by atoms with Gasteiger partial charge in [-0.15, -0.1) is 0 Å². The average Bonchev–Trinajstić information content (AvgIpc) is 1.80. The molecule has 0 aliphatic carbocycles. The molecule has 0 saturated carbocycles. The van der Waals surface area contributed by atoms with Crippen molar-refractivity contribution in [2.75, 3.05) is 0 Å². The van der Waals surface area contributed by atoms with E-state index in [1.54, 1.807) is 6.07 Å². The zero-order valence-corrected chi connectivity index (χ0v) is 7.12. The molecule has 0 aliphatic heterocycles. The normalized spacial score (nSPS) is 9.67. The molecule has 1 radical (unpaired) electrons. The molecule has 0 fully saturated rings. The van der Waals surface area contributed by atoms with Gasteiger partial charge in [0.25, 0.3) is 0 Å². The Hall–Kier alpha value is -0.0800. The summed E-state index contributed by atoms with van der Waals surface area (Å²) in [6, 6.07) is 4.65. The summed E-state index contributed by atoms with van der Waals surface area (Å²) < 4.78 is 0.787. The molecule has 0 amide bonds. The highest BCUT2D eigenvalue weighted by molar-refractivity contribution is 9.10. The maximum absolute atomic E-state index is 5.64. The number of rotatable bonds is 0. The van der Waals surface area contributed by atoms with Crippen molar-refractivity contribution in [3.8, 4) is 0 Å². The quantitative estimate of drug-likeness (QED) is 0.593. The van der Waals surface area contributed by atoms with E-state index >= 15 is 0 Å². The van der Waals surface area contributed by atoms with E-state index in [9.17, 15) is 0 Å². The van der Waals surface area contributed by atoms with Crippen LogP contribution in [0.4, 0.5) is 0 Å². The molecule has 1 aromatic rings. The van der Waals surface area contributed by atoms with Gasteiger partial charge in [0.05, 0.1) is 4.47 Å². The van der Waals surface area contributed by atoms with E-state index in [2.05, 4.69) is 27.0 Å². The van der Waals surface area contributed by atoms with E-state index in [1.165, 1.54) is 0 Å². The Morgan fingerprint density at radius 2 is 2.44 bits per heavy atom. The maximum atomic E-state index is 5.64. The van der Waals surface area contributed by atoms with Crippen molar-refractivity contribution < 1.29 is 0 Å². The minimum atomic E-state index is 0.492. The van der Waals surface area contributed by atoms with Crippen LogP contribution in [0.2, 0.25) is 5.15 Å². The second kappa shape index (κ2) is 2.67. The summed E-state index contributed by atoms with van der Waals surface area (Å²) in [5.41, 5.74) is 0.809. The number of halogens is 2. The van der Waals surface area contributed by atoms with Crippen LogP contribution in [0.5, 0.6) is 0 Å². The monoisotopic (exact) mass is 204 g/mol. The molecule has 1 nitrogen and oxygen atoms in total. The third kappa shape index (κ3) is 1.66. The summed E-state index contributed by atoms with van der Waals surface area (Å²) >= 11 is 8.84. The van der Waals surface area contributed by atoms with Crippen LogP contribution in [0.25, 0.3) is 0 Å². The van der Waals surface area contributed by atoms with Gasteiger partial charge < -0.3 is 0 Å². The first-order chi connectivity index (χ1) is 4.20. The molecule has 1 heterocycles. The Balaban J connectivity index is 3.17. The Morgan fingerprint density at radius 1 is 1.78 bits per heavy atom. The molecule has 0 unspecified atom stereocenters. The second-order valence-electron chi connectivity index (χ2n) is 1.62. The van der Waals surface area contributed by atoms with Crippen molar-refractivity contribution in [2.24, 2.45) is 0 Å². The highest BCUT2D eigenvalue weighted by Gasteiger charge is 1.95. The van der Waals surface area contributed by atoms with Gasteiger partial charge in [-0.25, -0.2) is 4.98 Å². The summed E-state index contributed by atoms with van der Waals surface area (Å²) in [6.07, 6.45) is 0. The maximum Gasteiger partial charge on any atom is 0.143 e. The summed E-state index contributed by atoms with van der Waals surface area (Å²) in [5.74, 6) is 0. The first-order valence-electron chi connectivity index (χ1n) is 2.40. The minimum absolute atomic E-state index is 0.492. The van der Waals surface area contributed by atoms with Crippen LogP contribution in [0.1, 0.15) is 5.69 Å². The topological polar surface area (TPSA) is 12.9 Å². The zero-order chi connectivity index (χ0) is 6.85. The number of nitrogens with zero attached hydrogens (tertiary/aromatic N) is 1. The predicted molar refractivity (Wildman–Crippen MR) is 40.5 cm³/mol. The van der Waals surface area contributed by atoms with E-state index < -0.39 is 0 Å². The summed E-state index contributed by atoms with van der Waals surface area (Å²) in [5, 5.41) is 0.492. The summed E-state index contributed by atoms with van der Waals surface area (Å²) in [7, 11) is 0. The van der Waals surface area contributed by atoms with Crippen molar-refractivity contribution in [3.63, 3.8) is 0 Å². The van der Waals surface area contributed by atoms with Gasteiger partial charge in [0, 0.05) is 11.8 Å². The average molecular weight is 205 g/mol. The van der Waals surface area contributed by atoms with Crippen LogP contribution >= 0.6 is 27.5 Å². The lowest BCUT2D eigenvalue weighted by atomic mass is 10.4. The molecule has 0 aliphatic rings. The molecular weight excluding hydrogens is 201 g/mol. The molecule has 0 saturated heterocycles. The lowest BCUT2D eigenvalue weighted by molar-refractivity contribution is 1.18. The molecule has 0 atom stereocenters. The van der Waals surface area contributed by atoms with Gasteiger partial charge in [0.2, 0.25) is 0 Å². The van der Waals surface area contributed by atoms with E-state index in [-0.39, 0.29) is 0 Å². The third-order valence-electron chi connectivity index (χ3n) is 0.871. The van der Waals surface area contributed by atoms with Crippen LogP contribution in [0, 0.1) is 13.0 Å². The van der Waals surface area contributed by atoms with Crippen LogP contribution in [-0.4, -0.2) is 4.98 Å². The number of pyridine rings is 1. The molecule has 47 valence electrons. The smallest absolute Gasteiger partial charge is 0.143 e. The number of aryl methyl sites for hydroxylation is 1. The molecule has 0 bridgehead atoms. The van der Waals surface area contributed by atoms with Crippen LogP contribution in [0.15, 0.2) is 10.5 Å². The lowest BCUT2D eigenvalue weighted by Gasteiger charge is -1.93. The van der Waals surface area contributed by atoms with E-state index in [4.69, 9.17) is 11.6 Å². The highest BCUT2D eigenvalue weighted by Crippen LogP contribution is 2.18. The van der Waals surface area contributed by atoms with Gasteiger partial charge in [-0.2, -0.15) is 0 Å². The van der Waals surface area contributed by atoms with Gasteiger partial charge in [0.1, 0.15) is 5.15 Å². The lowest BCUT2D eigenvalue weighted by Crippen LogP contribution is -1.80. The Morgan fingerprint density at radius 3 is 2.89 bits per heavy atom. The van der Waals surface area contributed by atoms with E-state index in [0.717, 1.165) is 10.2 Å². The zero-order valence-electron chi connectivity index (χ0n) is 4.78. The van der Waals surface area contributed by atoms with Crippen molar-refractivity contribution >= 4 is 27.5 Å². The van der Waals surface area contributed by atoms with Gasteiger partial charge in [-0.05, 0) is 28.9 Å². The first kappa shape index (κ1) is 7.03. The molecule has 9 heavy (non-hydrogen) atoms. The summed E-state index contributed by atoms with van der Waals surface area (Å²) in [6.45, 7) is 1.85. The minimum Gasteiger partial charge on any atom is -0.240 e. The van der Waals surface area contributed by atoms with Crippen molar-refractivity contribution in [1.82, 2.24) is 4.98 Å². The Kier molecular flexibility index (Phi) is 2.09. The molecule has 1 rings (SSSR count). The van der Waals surface area contributed by atoms with Gasteiger partial charge >= 0.3 is 0 Å². The van der Waals surface area contributed by atoms with E-state index in [1.807, 2.05) is 6.92 Å².